The summed E-state index contributed by atoms with van der Waals surface area (Å²) in [6, 6.07) is 7.85. The Morgan fingerprint density at radius 3 is 2.67 bits per heavy atom. The van der Waals surface area contributed by atoms with Crippen LogP contribution in [0.3, 0.4) is 0 Å². The van der Waals surface area contributed by atoms with Gasteiger partial charge in [0.15, 0.2) is 5.78 Å². The Kier molecular flexibility index (Phi) is 5.34. The zero-order valence-corrected chi connectivity index (χ0v) is 12.5. The van der Waals surface area contributed by atoms with Crippen molar-refractivity contribution < 1.29 is 14.3 Å². The van der Waals surface area contributed by atoms with Gasteiger partial charge in [-0.1, -0.05) is 24.3 Å². The number of rotatable bonds is 7. The number of methoxy groups -OCH3 is 1. The largest absolute Gasteiger partial charge is 0.497 e. The maximum atomic E-state index is 11.3. The van der Waals surface area contributed by atoms with E-state index in [9.17, 15) is 4.79 Å². The fourth-order valence-corrected chi connectivity index (χ4v) is 2.54. The van der Waals surface area contributed by atoms with Crippen molar-refractivity contribution in [2.75, 3.05) is 13.7 Å². The standard InChI is InChI=1S/C18H22O3/c1-3-10-18(11-8-16(19)9-12-18)14-21-13-15-4-6-17(20-2)7-5-15/h3-8,11H,1,9-10,12-14H2,2H3/t18-/m0/s1. The third-order valence-electron chi connectivity index (χ3n) is 3.86. The van der Waals surface area contributed by atoms with Crippen molar-refractivity contribution in [3.63, 3.8) is 0 Å². The quantitative estimate of drug-likeness (QED) is 0.717. The molecule has 0 saturated heterocycles. The molecule has 0 spiro atoms. The second-order valence-corrected chi connectivity index (χ2v) is 5.50. The van der Waals surface area contributed by atoms with E-state index in [1.165, 1.54) is 0 Å². The number of carbonyl (C=O) groups is 1. The zero-order chi connectivity index (χ0) is 15.1. The van der Waals surface area contributed by atoms with Gasteiger partial charge in [-0.3, -0.25) is 4.79 Å². The Morgan fingerprint density at radius 1 is 1.33 bits per heavy atom. The Labute approximate surface area is 126 Å². The zero-order valence-electron chi connectivity index (χ0n) is 12.5. The van der Waals surface area contributed by atoms with Crippen molar-refractivity contribution in [2.24, 2.45) is 5.41 Å². The van der Waals surface area contributed by atoms with Crippen LogP contribution >= 0.6 is 0 Å². The third-order valence-corrected chi connectivity index (χ3v) is 3.86. The van der Waals surface area contributed by atoms with E-state index in [1.807, 2.05) is 36.4 Å². The van der Waals surface area contributed by atoms with Crippen LogP contribution < -0.4 is 4.74 Å². The molecule has 0 amide bonds. The lowest BCUT2D eigenvalue weighted by Gasteiger charge is -2.31. The van der Waals surface area contributed by atoms with Gasteiger partial charge in [-0.15, -0.1) is 6.58 Å². The molecule has 0 unspecified atom stereocenters. The summed E-state index contributed by atoms with van der Waals surface area (Å²) in [7, 11) is 1.65. The van der Waals surface area contributed by atoms with Gasteiger partial charge in [0.1, 0.15) is 5.75 Å². The first kappa shape index (κ1) is 15.5. The minimum atomic E-state index is -0.0812. The predicted octanol–water partition coefficient (Wildman–Crippen LogP) is 3.69. The first-order valence-electron chi connectivity index (χ1n) is 7.21. The van der Waals surface area contributed by atoms with Gasteiger partial charge in [0.25, 0.3) is 0 Å². The molecule has 1 atom stereocenters. The number of benzene rings is 1. The number of hydrogen-bond donors (Lipinski definition) is 0. The summed E-state index contributed by atoms with van der Waals surface area (Å²) in [6.45, 7) is 4.98. The van der Waals surface area contributed by atoms with Crippen LogP contribution in [0.15, 0.2) is 49.1 Å². The molecule has 3 nitrogen and oxygen atoms in total. The predicted molar refractivity (Wildman–Crippen MR) is 83.3 cm³/mol. The Bertz CT molecular complexity index is 516. The van der Waals surface area contributed by atoms with Gasteiger partial charge in [-0.25, -0.2) is 0 Å². The van der Waals surface area contributed by atoms with Crippen molar-refractivity contribution in [3.05, 3.63) is 54.6 Å². The Morgan fingerprint density at radius 2 is 2.10 bits per heavy atom. The lowest BCUT2D eigenvalue weighted by atomic mass is 9.77. The van der Waals surface area contributed by atoms with E-state index in [0.29, 0.717) is 19.6 Å². The van der Waals surface area contributed by atoms with Gasteiger partial charge >= 0.3 is 0 Å². The topological polar surface area (TPSA) is 35.5 Å². The molecule has 3 heteroatoms. The molecule has 0 aromatic heterocycles. The second kappa shape index (κ2) is 7.23. The summed E-state index contributed by atoms with van der Waals surface area (Å²) in [5.41, 5.74) is 1.03. The van der Waals surface area contributed by atoms with Gasteiger partial charge in [0.2, 0.25) is 0 Å². The summed E-state index contributed by atoms with van der Waals surface area (Å²) in [5.74, 6) is 1.04. The van der Waals surface area contributed by atoms with Crippen LogP contribution in [0.25, 0.3) is 0 Å². The number of carbonyl (C=O) groups excluding carboxylic acids is 1. The molecular weight excluding hydrogens is 264 g/mol. The molecule has 0 heterocycles. The van der Waals surface area contributed by atoms with Crippen LogP contribution in [-0.2, 0) is 16.1 Å². The van der Waals surface area contributed by atoms with Crippen molar-refractivity contribution in [1.29, 1.82) is 0 Å². The molecule has 1 aliphatic carbocycles. The van der Waals surface area contributed by atoms with E-state index >= 15 is 0 Å². The van der Waals surface area contributed by atoms with E-state index in [0.717, 1.165) is 24.2 Å². The molecule has 1 aromatic carbocycles. The number of allylic oxidation sites excluding steroid dienone is 2. The lowest BCUT2D eigenvalue weighted by Crippen LogP contribution is -2.28. The number of ketones is 1. The van der Waals surface area contributed by atoms with Crippen molar-refractivity contribution in [2.45, 2.75) is 25.9 Å². The van der Waals surface area contributed by atoms with E-state index in [-0.39, 0.29) is 11.2 Å². The maximum absolute atomic E-state index is 11.3. The molecule has 112 valence electrons. The van der Waals surface area contributed by atoms with E-state index in [2.05, 4.69) is 6.58 Å². The minimum Gasteiger partial charge on any atom is -0.497 e. The molecular formula is C18H22O3. The van der Waals surface area contributed by atoms with Crippen molar-refractivity contribution in [1.82, 2.24) is 0 Å². The van der Waals surface area contributed by atoms with Crippen LogP contribution in [0, 0.1) is 5.41 Å². The number of hydrogen-bond acceptors (Lipinski definition) is 3. The molecule has 21 heavy (non-hydrogen) atoms. The van der Waals surface area contributed by atoms with Gasteiger partial charge in [-0.05, 0) is 36.6 Å². The molecule has 2 rings (SSSR count). The Hall–Kier alpha value is -1.87. The molecule has 0 saturated carbocycles. The van der Waals surface area contributed by atoms with E-state index in [4.69, 9.17) is 9.47 Å². The highest BCUT2D eigenvalue weighted by molar-refractivity contribution is 5.90. The minimum absolute atomic E-state index is 0.0812. The molecule has 0 radical (unpaired) electrons. The molecule has 0 aliphatic heterocycles. The molecule has 0 fully saturated rings. The first-order chi connectivity index (χ1) is 10.2. The Balaban J connectivity index is 1.91. The normalized spacial score (nSPS) is 21.3. The van der Waals surface area contributed by atoms with Crippen molar-refractivity contribution in [3.8, 4) is 5.75 Å². The SMILES string of the molecule is C=CC[C@]1(COCc2ccc(OC)cc2)C=CC(=O)CC1. The summed E-state index contributed by atoms with van der Waals surface area (Å²) in [4.78, 5) is 11.3. The summed E-state index contributed by atoms with van der Waals surface area (Å²) in [5, 5.41) is 0. The highest BCUT2D eigenvalue weighted by Crippen LogP contribution is 2.34. The van der Waals surface area contributed by atoms with Gasteiger partial charge in [-0.2, -0.15) is 0 Å². The van der Waals surface area contributed by atoms with Gasteiger partial charge < -0.3 is 9.47 Å². The molecule has 1 aromatic rings. The summed E-state index contributed by atoms with van der Waals surface area (Å²) < 4.78 is 11.0. The lowest BCUT2D eigenvalue weighted by molar-refractivity contribution is -0.116. The van der Waals surface area contributed by atoms with E-state index in [1.54, 1.807) is 13.2 Å². The fourth-order valence-electron chi connectivity index (χ4n) is 2.54. The van der Waals surface area contributed by atoms with Crippen LogP contribution in [-0.4, -0.2) is 19.5 Å². The maximum Gasteiger partial charge on any atom is 0.155 e. The summed E-state index contributed by atoms with van der Waals surface area (Å²) >= 11 is 0. The van der Waals surface area contributed by atoms with Crippen LogP contribution in [0.2, 0.25) is 0 Å². The smallest absolute Gasteiger partial charge is 0.155 e. The highest BCUT2D eigenvalue weighted by Gasteiger charge is 2.29. The van der Waals surface area contributed by atoms with Crippen LogP contribution in [0.1, 0.15) is 24.8 Å². The van der Waals surface area contributed by atoms with Crippen LogP contribution in [0.4, 0.5) is 0 Å². The van der Waals surface area contributed by atoms with Gasteiger partial charge in [0, 0.05) is 11.8 Å². The average molecular weight is 286 g/mol. The van der Waals surface area contributed by atoms with Gasteiger partial charge in [0.05, 0.1) is 20.3 Å². The fraction of sp³-hybridized carbons (Fsp3) is 0.389. The van der Waals surface area contributed by atoms with E-state index < -0.39 is 0 Å². The van der Waals surface area contributed by atoms with Crippen LogP contribution in [0.5, 0.6) is 5.75 Å². The first-order valence-corrected chi connectivity index (χ1v) is 7.21. The monoisotopic (exact) mass is 286 g/mol. The van der Waals surface area contributed by atoms with Crippen molar-refractivity contribution >= 4 is 5.78 Å². The highest BCUT2D eigenvalue weighted by atomic mass is 16.5. The molecule has 0 N–H and O–H groups in total. The summed E-state index contributed by atoms with van der Waals surface area (Å²) in [6.07, 6.45) is 7.84. The average Bonchev–Trinajstić information content (AvgIpc) is 2.51. The number of ether oxygens (including phenoxy) is 2. The second-order valence-electron chi connectivity index (χ2n) is 5.50. The molecule has 1 aliphatic rings. The third kappa shape index (κ3) is 4.30. The molecule has 0 bridgehead atoms.